The lowest BCUT2D eigenvalue weighted by Crippen LogP contribution is -2.66. The second-order valence-corrected chi connectivity index (χ2v) is 8.66. The Kier molecular flexibility index (Phi) is 9.30. The minimum absolute atomic E-state index is 0.358. The van der Waals surface area contributed by atoms with E-state index in [0.29, 0.717) is 6.07 Å². The maximum Gasteiger partial charge on any atom is 0.416 e. The van der Waals surface area contributed by atoms with Gasteiger partial charge in [0.05, 0.1) is 18.8 Å². The minimum Gasteiger partial charge on any atom is -0.394 e. The van der Waals surface area contributed by atoms with Crippen molar-refractivity contribution in [3.05, 3.63) is 35.4 Å². The molecule has 0 saturated carbocycles. The molecule has 36 heavy (non-hydrogen) atoms. The van der Waals surface area contributed by atoms with E-state index in [9.17, 15) is 59.1 Å². The number of hydrogen-bond donors (Lipinski definition) is 9. The molecule has 0 bridgehead atoms. The van der Waals surface area contributed by atoms with Gasteiger partial charge in [0.2, 0.25) is 0 Å². The van der Waals surface area contributed by atoms with Crippen molar-refractivity contribution in [2.45, 2.75) is 79.6 Å². The average molecular weight is 530 g/mol. The van der Waals surface area contributed by atoms with Crippen LogP contribution in [0, 0.1) is 0 Å². The molecular weight excluding hydrogens is 501 g/mol. The van der Waals surface area contributed by atoms with Crippen LogP contribution in [0.4, 0.5) is 13.2 Å². The largest absolute Gasteiger partial charge is 0.416 e. The molecule has 0 spiro atoms. The SMILES string of the molecule is OC[C@H]1O[C@H](O[C@H]2[C@H](O)[C@@H](O)C(C(O)C(O)c3cccc(C(F)(F)F)c3)O[C@@H]2CO)[C@H](O)[C@@H](O)[C@@H]1O. The highest BCUT2D eigenvalue weighted by Crippen LogP contribution is 2.35. The van der Waals surface area contributed by atoms with Gasteiger partial charge in [0.1, 0.15) is 67.1 Å². The minimum atomic E-state index is -4.73. The van der Waals surface area contributed by atoms with E-state index in [4.69, 9.17) is 14.2 Å². The molecule has 0 amide bonds. The van der Waals surface area contributed by atoms with Crippen molar-refractivity contribution in [3.8, 4) is 0 Å². The summed E-state index contributed by atoms with van der Waals surface area (Å²) in [6.07, 6.45) is -26.3. The van der Waals surface area contributed by atoms with E-state index in [0.717, 1.165) is 18.2 Å². The maximum atomic E-state index is 13.0. The van der Waals surface area contributed by atoms with E-state index in [1.54, 1.807) is 0 Å². The summed E-state index contributed by atoms with van der Waals surface area (Å²) in [5.74, 6) is 0. The van der Waals surface area contributed by atoms with Gasteiger partial charge in [-0.05, 0) is 17.7 Å². The quantitative estimate of drug-likeness (QED) is 0.170. The number of aliphatic hydroxyl groups excluding tert-OH is 9. The van der Waals surface area contributed by atoms with Crippen molar-refractivity contribution >= 4 is 0 Å². The van der Waals surface area contributed by atoms with Crippen LogP contribution in [-0.4, -0.2) is 127 Å². The van der Waals surface area contributed by atoms with Gasteiger partial charge >= 0.3 is 6.18 Å². The highest BCUT2D eigenvalue weighted by atomic mass is 19.4. The van der Waals surface area contributed by atoms with Gasteiger partial charge in [0, 0.05) is 0 Å². The van der Waals surface area contributed by atoms with Gasteiger partial charge < -0.3 is 60.2 Å². The molecule has 0 aromatic heterocycles. The first-order chi connectivity index (χ1) is 16.8. The molecular formula is C21H29F3O12. The fourth-order valence-corrected chi connectivity index (χ4v) is 4.18. The van der Waals surface area contributed by atoms with Crippen LogP contribution < -0.4 is 0 Å². The van der Waals surface area contributed by atoms with Crippen LogP contribution in [0.1, 0.15) is 17.2 Å². The maximum absolute atomic E-state index is 13.0. The van der Waals surface area contributed by atoms with Gasteiger partial charge in [0.15, 0.2) is 6.29 Å². The van der Waals surface area contributed by atoms with E-state index in [1.807, 2.05) is 0 Å². The number of ether oxygens (including phenoxy) is 3. The topological polar surface area (TPSA) is 210 Å². The fourth-order valence-electron chi connectivity index (χ4n) is 4.18. The van der Waals surface area contributed by atoms with Crippen molar-refractivity contribution < 1.29 is 73.3 Å². The van der Waals surface area contributed by atoms with E-state index >= 15 is 0 Å². The lowest BCUT2D eigenvalue weighted by Gasteiger charge is -2.47. The fraction of sp³-hybridized carbons (Fsp3) is 0.714. The Morgan fingerprint density at radius 2 is 1.47 bits per heavy atom. The summed E-state index contributed by atoms with van der Waals surface area (Å²) in [4.78, 5) is 0. The molecule has 2 fully saturated rings. The molecule has 2 saturated heterocycles. The highest BCUT2D eigenvalue weighted by molar-refractivity contribution is 5.28. The van der Waals surface area contributed by atoms with Gasteiger partial charge in [-0.15, -0.1) is 0 Å². The Balaban J connectivity index is 1.76. The van der Waals surface area contributed by atoms with Crippen LogP contribution in [0.25, 0.3) is 0 Å². The monoisotopic (exact) mass is 530 g/mol. The number of halogens is 3. The molecule has 2 heterocycles. The second kappa shape index (κ2) is 11.5. The smallest absolute Gasteiger partial charge is 0.394 e. The third kappa shape index (κ3) is 5.82. The molecule has 2 aliphatic heterocycles. The van der Waals surface area contributed by atoms with E-state index in [-0.39, 0.29) is 5.56 Å². The predicted octanol–water partition coefficient (Wildman–Crippen LogP) is -3.23. The first kappa shape index (κ1) is 29.1. The standard InChI is InChI=1S/C21H29F3O12/c22-21(23,24)8-3-1-2-7(4-8)11(27)14(30)19-16(32)15(31)18(10(6-26)34-19)36-20-17(33)13(29)12(28)9(5-25)35-20/h1-4,9-20,25-33H,5-6H2/t9-,10-,11?,12-,13+,14?,15-,16-,17-,18-,19?,20-/m1/s1. The molecule has 1 aromatic rings. The zero-order valence-electron chi connectivity index (χ0n) is 18.5. The van der Waals surface area contributed by atoms with Crippen LogP contribution in [0.2, 0.25) is 0 Å². The van der Waals surface area contributed by atoms with Crippen molar-refractivity contribution in [1.82, 2.24) is 0 Å². The van der Waals surface area contributed by atoms with Gasteiger partial charge in [-0.1, -0.05) is 12.1 Å². The Hall–Kier alpha value is -1.47. The number of alkyl halides is 3. The Morgan fingerprint density at radius 3 is 2.06 bits per heavy atom. The van der Waals surface area contributed by atoms with Gasteiger partial charge in [-0.25, -0.2) is 0 Å². The molecule has 0 aliphatic carbocycles. The molecule has 12 atom stereocenters. The van der Waals surface area contributed by atoms with Crippen molar-refractivity contribution in [3.63, 3.8) is 0 Å². The number of aliphatic hydroxyl groups is 9. The summed E-state index contributed by atoms with van der Waals surface area (Å²) in [6, 6.07) is 3.44. The zero-order valence-corrected chi connectivity index (χ0v) is 18.5. The van der Waals surface area contributed by atoms with E-state index < -0.39 is 98.4 Å². The number of benzene rings is 1. The lowest BCUT2D eigenvalue weighted by molar-refractivity contribution is -0.346. The summed E-state index contributed by atoms with van der Waals surface area (Å²) < 4.78 is 55.0. The molecule has 3 unspecified atom stereocenters. The second-order valence-electron chi connectivity index (χ2n) is 8.66. The molecule has 1 aromatic carbocycles. The zero-order chi connectivity index (χ0) is 26.9. The Bertz CT molecular complexity index is 856. The van der Waals surface area contributed by atoms with Crippen LogP contribution in [-0.2, 0) is 20.4 Å². The van der Waals surface area contributed by atoms with Crippen LogP contribution >= 0.6 is 0 Å². The predicted molar refractivity (Wildman–Crippen MR) is 109 cm³/mol. The first-order valence-electron chi connectivity index (χ1n) is 10.9. The average Bonchev–Trinajstić information content (AvgIpc) is 2.85. The molecule has 2 aliphatic rings. The molecule has 206 valence electrons. The number of rotatable bonds is 7. The Morgan fingerprint density at radius 1 is 0.833 bits per heavy atom. The van der Waals surface area contributed by atoms with Gasteiger partial charge in [-0.3, -0.25) is 0 Å². The number of hydrogen-bond acceptors (Lipinski definition) is 12. The van der Waals surface area contributed by atoms with Crippen LogP contribution in [0.3, 0.4) is 0 Å². The molecule has 0 radical (unpaired) electrons. The van der Waals surface area contributed by atoms with Crippen LogP contribution in [0.15, 0.2) is 24.3 Å². The van der Waals surface area contributed by atoms with Crippen molar-refractivity contribution in [2.75, 3.05) is 13.2 Å². The summed E-state index contributed by atoms with van der Waals surface area (Å²) in [7, 11) is 0. The third-order valence-corrected chi connectivity index (χ3v) is 6.26. The summed E-state index contributed by atoms with van der Waals surface area (Å²) in [5, 5.41) is 91.1. The van der Waals surface area contributed by atoms with Gasteiger partial charge in [-0.2, -0.15) is 13.2 Å². The lowest BCUT2D eigenvalue weighted by atomic mass is 9.88. The molecule has 9 N–H and O–H groups in total. The highest BCUT2D eigenvalue weighted by Gasteiger charge is 2.52. The molecule has 15 heteroatoms. The van der Waals surface area contributed by atoms with E-state index in [1.165, 1.54) is 0 Å². The van der Waals surface area contributed by atoms with Crippen molar-refractivity contribution in [2.24, 2.45) is 0 Å². The van der Waals surface area contributed by atoms with Crippen molar-refractivity contribution in [1.29, 1.82) is 0 Å². The summed E-state index contributed by atoms with van der Waals surface area (Å²) >= 11 is 0. The third-order valence-electron chi connectivity index (χ3n) is 6.26. The normalized spacial score (nSPS) is 39.6. The summed E-state index contributed by atoms with van der Waals surface area (Å²) in [5.41, 5.74) is -1.46. The van der Waals surface area contributed by atoms with E-state index in [2.05, 4.69) is 0 Å². The molecule has 12 nitrogen and oxygen atoms in total. The summed E-state index contributed by atoms with van der Waals surface area (Å²) in [6.45, 7) is -1.67. The first-order valence-corrected chi connectivity index (χ1v) is 10.9. The Labute approximate surface area is 202 Å². The van der Waals surface area contributed by atoms with Gasteiger partial charge in [0.25, 0.3) is 0 Å². The molecule has 3 rings (SSSR count). The van der Waals surface area contributed by atoms with Crippen LogP contribution in [0.5, 0.6) is 0 Å².